The van der Waals surface area contributed by atoms with E-state index in [1.165, 1.54) is 6.42 Å². The summed E-state index contributed by atoms with van der Waals surface area (Å²) in [5.74, 6) is 0.900. The molecule has 0 saturated heterocycles. The van der Waals surface area contributed by atoms with E-state index in [-0.39, 0.29) is 0 Å². The highest BCUT2D eigenvalue weighted by molar-refractivity contribution is 9.10. The van der Waals surface area contributed by atoms with Crippen LogP contribution in [0.5, 0.6) is 0 Å². The van der Waals surface area contributed by atoms with Crippen molar-refractivity contribution in [3.63, 3.8) is 0 Å². The van der Waals surface area contributed by atoms with E-state index in [1.54, 1.807) is 10.7 Å². The summed E-state index contributed by atoms with van der Waals surface area (Å²) < 4.78 is 2.66. The van der Waals surface area contributed by atoms with Gasteiger partial charge in [0.05, 0.1) is 10.7 Å². The monoisotopic (exact) mass is 268 g/mol. The van der Waals surface area contributed by atoms with Crippen LogP contribution in [0.4, 0.5) is 5.82 Å². The van der Waals surface area contributed by atoms with E-state index in [2.05, 4.69) is 38.3 Å². The number of rotatable bonds is 4. The van der Waals surface area contributed by atoms with Gasteiger partial charge in [-0.2, -0.15) is 5.10 Å². The van der Waals surface area contributed by atoms with Crippen LogP contribution >= 0.6 is 15.9 Å². The number of hydrogen-bond acceptors (Lipinski definition) is 3. The fourth-order valence-electron chi connectivity index (χ4n) is 1.33. The average Bonchev–Trinajstić information content (AvgIpc) is 2.61. The van der Waals surface area contributed by atoms with Crippen molar-refractivity contribution in [3.8, 4) is 0 Å². The summed E-state index contributed by atoms with van der Waals surface area (Å²) in [4.78, 5) is 4.45. The Labute approximate surface area is 96.8 Å². The number of unbranched alkanes of at least 4 members (excludes halogenated alkanes) is 1. The van der Waals surface area contributed by atoms with E-state index in [9.17, 15) is 0 Å². The highest BCUT2D eigenvalue weighted by atomic mass is 79.9. The molecule has 15 heavy (non-hydrogen) atoms. The molecule has 0 unspecified atom stereocenters. The molecule has 0 bridgehead atoms. The van der Waals surface area contributed by atoms with E-state index in [0.29, 0.717) is 0 Å². The molecule has 80 valence electrons. The first-order chi connectivity index (χ1) is 7.31. The third-order valence-corrected chi connectivity index (χ3v) is 2.72. The largest absolute Gasteiger partial charge is 0.370 e. The van der Waals surface area contributed by atoms with Gasteiger partial charge in [0, 0.05) is 12.7 Å². The number of anilines is 1. The van der Waals surface area contributed by atoms with Crippen molar-refractivity contribution in [3.05, 3.63) is 22.9 Å². The van der Waals surface area contributed by atoms with Gasteiger partial charge in [-0.3, -0.25) is 0 Å². The van der Waals surface area contributed by atoms with Crippen LogP contribution in [0.2, 0.25) is 0 Å². The molecule has 0 aromatic carbocycles. The minimum atomic E-state index is 0.844. The van der Waals surface area contributed by atoms with E-state index in [1.807, 2.05) is 12.3 Å². The van der Waals surface area contributed by atoms with Crippen molar-refractivity contribution in [1.29, 1.82) is 0 Å². The molecule has 0 radical (unpaired) electrons. The van der Waals surface area contributed by atoms with Crippen molar-refractivity contribution in [1.82, 2.24) is 14.6 Å². The SMILES string of the molecule is CCCCNc1ccn2ncc(Br)c2n1. The van der Waals surface area contributed by atoms with Crippen LogP contribution in [-0.2, 0) is 0 Å². The molecule has 2 rings (SSSR count). The van der Waals surface area contributed by atoms with Crippen LogP contribution < -0.4 is 5.32 Å². The summed E-state index contributed by atoms with van der Waals surface area (Å²) in [6, 6.07) is 1.93. The second kappa shape index (κ2) is 4.61. The van der Waals surface area contributed by atoms with Crippen LogP contribution in [-0.4, -0.2) is 21.1 Å². The molecule has 0 aliphatic rings. The minimum Gasteiger partial charge on any atom is -0.370 e. The Hall–Kier alpha value is -1.10. The number of nitrogens with zero attached hydrogens (tertiary/aromatic N) is 3. The fourth-order valence-corrected chi connectivity index (χ4v) is 1.69. The zero-order chi connectivity index (χ0) is 10.7. The van der Waals surface area contributed by atoms with E-state index < -0.39 is 0 Å². The molecule has 1 N–H and O–H groups in total. The maximum absolute atomic E-state index is 4.45. The van der Waals surface area contributed by atoms with Gasteiger partial charge < -0.3 is 5.32 Å². The Morgan fingerprint density at radius 2 is 2.40 bits per heavy atom. The lowest BCUT2D eigenvalue weighted by atomic mass is 10.3. The number of fused-ring (bicyclic) bond motifs is 1. The second-order valence-electron chi connectivity index (χ2n) is 3.35. The topological polar surface area (TPSA) is 42.2 Å². The maximum Gasteiger partial charge on any atom is 0.171 e. The molecule has 5 heteroatoms. The molecule has 2 aromatic rings. The first-order valence-electron chi connectivity index (χ1n) is 5.05. The maximum atomic E-state index is 4.45. The van der Waals surface area contributed by atoms with Gasteiger partial charge in [-0.15, -0.1) is 0 Å². The molecular formula is C10H13BrN4. The molecule has 2 aromatic heterocycles. The van der Waals surface area contributed by atoms with Gasteiger partial charge in [0.25, 0.3) is 0 Å². The smallest absolute Gasteiger partial charge is 0.171 e. The van der Waals surface area contributed by atoms with Gasteiger partial charge >= 0.3 is 0 Å². The van der Waals surface area contributed by atoms with Gasteiger partial charge in [-0.1, -0.05) is 13.3 Å². The Bertz CT molecular complexity index is 452. The summed E-state index contributed by atoms with van der Waals surface area (Å²) in [5, 5.41) is 7.42. The third-order valence-electron chi connectivity index (χ3n) is 2.16. The van der Waals surface area contributed by atoms with Crippen LogP contribution in [0.25, 0.3) is 5.65 Å². The van der Waals surface area contributed by atoms with Crippen molar-refractivity contribution in [2.45, 2.75) is 19.8 Å². The van der Waals surface area contributed by atoms with Crippen molar-refractivity contribution >= 4 is 27.4 Å². The van der Waals surface area contributed by atoms with Crippen LogP contribution in [0.15, 0.2) is 22.9 Å². The predicted octanol–water partition coefficient (Wildman–Crippen LogP) is 2.70. The molecule has 4 nitrogen and oxygen atoms in total. The molecular weight excluding hydrogens is 256 g/mol. The van der Waals surface area contributed by atoms with Gasteiger partial charge in [0.2, 0.25) is 0 Å². The van der Waals surface area contributed by atoms with Crippen molar-refractivity contribution in [2.75, 3.05) is 11.9 Å². The number of hydrogen-bond donors (Lipinski definition) is 1. The fraction of sp³-hybridized carbons (Fsp3) is 0.400. The summed E-state index contributed by atoms with van der Waals surface area (Å²) in [6.07, 6.45) is 6.00. The number of halogens is 1. The molecule has 0 spiro atoms. The molecule has 0 aliphatic carbocycles. The first kappa shape index (κ1) is 10.4. The predicted molar refractivity (Wildman–Crippen MR) is 64.1 cm³/mol. The second-order valence-corrected chi connectivity index (χ2v) is 4.21. The zero-order valence-corrected chi connectivity index (χ0v) is 10.2. The van der Waals surface area contributed by atoms with Gasteiger partial charge in [0.1, 0.15) is 5.82 Å². The normalized spacial score (nSPS) is 10.8. The number of aromatic nitrogens is 3. The highest BCUT2D eigenvalue weighted by Crippen LogP contribution is 2.16. The summed E-state index contributed by atoms with van der Waals surface area (Å²) >= 11 is 3.41. The summed E-state index contributed by atoms with van der Waals surface area (Å²) in [5.41, 5.74) is 0.844. The molecule has 0 aliphatic heterocycles. The quantitative estimate of drug-likeness (QED) is 0.868. The minimum absolute atomic E-state index is 0.844. The van der Waals surface area contributed by atoms with E-state index >= 15 is 0 Å². The molecule has 0 saturated carbocycles. The van der Waals surface area contributed by atoms with Crippen molar-refractivity contribution in [2.24, 2.45) is 0 Å². The Morgan fingerprint density at radius 3 is 3.20 bits per heavy atom. The first-order valence-corrected chi connectivity index (χ1v) is 5.84. The van der Waals surface area contributed by atoms with E-state index in [0.717, 1.165) is 28.9 Å². The molecule has 0 atom stereocenters. The lowest BCUT2D eigenvalue weighted by Gasteiger charge is -2.04. The standard InChI is InChI=1S/C10H13BrN4/c1-2-3-5-12-9-4-6-15-10(14-9)8(11)7-13-15/h4,6-7H,2-3,5H2,1H3,(H,12,14). The Balaban J connectivity index is 2.18. The van der Waals surface area contributed by atoms with E-state index in [4.69, 9.17) is 0 Å². The van der Waals surface area contributed by atoms with Crippen LogP contribution in [0.3, 0.4) is 0 Å². The molecule has 0 fully saturated rings. The Morgan fingerprint density at radius 1 is 1.53 bits per heavy atom. The van der Waals surface area contributed by atoms with Gasteiger partial charge in [-0.25, -0.2) is 9.50 Å². The summed E-state index contributed by atoms with van der Waals surface area (Å²) in [7, 11) is 0. The third kappa shape index (κ3) is 2.28. The average molecular weight is 269 g/mol. The zero-order valence-electron chi connectivity index (χ0n) is 8.57. The Kier molecular flexibility index (Phi) is 3.20. The molecule has 0 amide bonds. The van der Waals surface area contributed by atoms with Crippen LogP contribution in [0, 0.1) is 0 Å². The van der Waals surface area contributed by atoms with Gasteiger partial charge in [0.15, 0.2) is 5.65 Å². The van der Waals surface area contributed by atoms with Gasteiger partial charge in [-0.05, 0) is 28.4 Å². The van der Waals surface area contributed by atoms with Crippen molar-refractivity contribution < 1.29 is 0 Å². The highest BCUT2D eigenvalue weighted by Gasteiger charge is 2.02. The number of nitrogens with one attached hydrogen (secondary N) is 1. The lowest BCUT2D eigenvalue weighted by Crippen LogP contribution is -2.03. The summed E-state index contributed by atoms with van der Waals surface area (Å²) in [6.45, 7) is 3.14. The van der Waals surface area contributed by atoms with Crippen LogP contribution in [0.1, 0.15) is 19.8 Å². The lowest BCUT2D eigenvalue weighted by molar-refractivity contribution is 0.829. The molecule has 2 heterocycles.